The van der Waals surface area contributed by atoms with Gasteiger partial charge in [-0.05, 0) is 43.0 Å². The van der Waals surface area contributed by atoms with Crippen LogP contribution in [-0.2, 0) is 6.54 Å². The van der Waals surface area contributed by atoms with E-state index in [0.29, 0.717) is 11.6 Å². The van der Waals surface area contributed by atoms with Gasteiger partial charge in [-0.25, -0.2) is 4.79 Å². The second-order valence-corrected chi connectivity index (χ2v) is 5.22. The monoisotopic (exact) mass is 247 g/mol. The van der Waals surface area contributed by atoms with Crippen LogP contribution in [0.25, 0.3) is 0 Å². The number of aromatic carboxylic acids is 1. The van der Waals surface area contributed by atoms with Gasteiger partial charge in [-0.1, -0.05) is 26.0 Å². The summed E-state index contributed by atoms with van der Waals surface area (Å²) < 4.78 is 0. The van der Waals surface area contributed by atoms with Crippen molar-refractivity contribution in [3.05, 3.63) is 35.4 Å². The van der Waals surface area contributed by atoms with E-state index in [1.165, 1.54) is 12.8 Å². The van der Waals surface area contributed by atoms with Crippen LogP contribution in [0.1, 0.15) is 42.6 Å². The van der Waals surface area contributed by atoms with Crippen LogP contribution in [0.5, 0.6) is 0 Å². The average molecular weight is 247 g/mol. The lowest BCUT2D eigenvalue weighted by Gasteiger charge is -2.25. The number of carbonyl (C=O) groups is 1. The maximum Gasteiger partial charge on any atom is 0.335 e. The molecule has 98 valence electrons. The zero-order valence-electron chi connectivity index (χ0n) is 11.1. The van der Waals surface area contributed by atoms with Crippen molar-refractivity contribution in [1.82, 2.24) is 4.90 Å². The van der Waals surface area contributed by atoms with Gasteiger partial charge in [0.1, 0.15) is 0 Å². The smallest absolute Gasteiger partial charge is 0.335 e. The molecule has 1 aliphatic heterocycles. The molecule has 1 aromatic carbocycles. The number of benzene rings is 1. The molecule has 3 nitrogen and oxygen atoms in total. The minimum absolute atomic E-state index is 0.382. The number of hydrogen-bond donors (Lipinski definition) is 1. The van der Waals surface area contributed by atoms with Gasteiger partial charge in [-0.2, -0.15) is 0 Å². The molecule has 0 saturated carbocycles. The maximum absolute atomic E-state index is 10.9. The van der Waals surface area contributed by atoms with Crippen LogP contribution in [0.3, 0.4) is 0 Å². The van der Waals surface area contributed by atoms with E-state index in [2.05, 4.69) is 18.7 Å². The Morgan fingerprint density at radius 3 is 2.94 bits per heavy atom. The number of nitrogens with zero attached hydrogens (tertiary/aromatic N) is 1. The van der Waals surface area contributed by atoms with Crippen LogP contribution in [-0.4, -0.2) is 28.6 Å². The number of carboxylic acid groups (broad SMARTS) is 1. The molecule has 1 aromatic rings. The van der Waals surface area contributed by atoms with Crippen LogP contribution in [0, 0.1) is 5.92 Å². The van der Waals surface area contributed by atoms with Gasteiger partial charge in [0.2, 0.25) is 0 Å². The Hall–Kier alpha value is -1.35. The van der Waals surface area contributed by atoms with Crippen LogP contribution >= 0.6 is 0 Å². The van der Waals surface area contributed by atoms with Gasteiger partial charge < -0.3 is 5.11 Å². The molecule has 1 aliphatic rings. The second kappa shape index (κ2) is 5.53. The van der Waals surface area contributed by atoms with E-state index in [9.17, 15) is 4.79 Å². The highest BCUT2D eigenvalue weighted by atomic mass is 16.4. The van der Waals surface area contributed by atoms with E-state index in [1.54, 1.807) is 12.1 Å². The first kappa shape index (κ1) is 13.1. The SMILES string of the molecule is CCC1C(C)CCN1Cc1cccc(C(=O)O)c1. The van der Waals surface area contributed by atoms with Gasteiger partial charge >= 0.3 is 5.97 Å². The van der Waals surface area contributed by atoms with Gasteiger partial charge in [0.15, 0.2) is 0 Å². The summed E-state index contributed by atoms with van der Waals surface area (Å²) in [6.07, 6.45) is 2.41. The summed E-state index contributed by atoms with van der Waals surface area (Å²) in [5, 5.41) is 9.00. The fraction of sp³-hybridized carbons (Fsp3) is 0.533. The molecule has 3 heteroatoms. The van der Waals surface area contributed by atoms with Crippen molar-refractivity contribution in [1.29, 1.82) is 0 Å². The first-order valence-corrected chi connectivity index (χ1v) is 6.68. The Balaban J connectivity index is 2.09. The van der Waals surface area contributed by atoms with Crippen molar-refractivity contribution in [2.24, 2.45) is 5.92 Å². The normalized spacial score (nSPS) is 24.3. The maximum atomic E-state index is 10.9. The van der Waals surface area contributed by atoms with Gasteiger partial charge in [0, 0.05) is 12.6 Å². The lowest BCUT2D eigenvalue weighted by Crippen LogP contribution is -2.31. The topological polar surface area (TPSA) is 40.5 Å². The third-order valence-electron chi connectivity index (χ3n) is 3.98. The molecular formula is C15H21NO2. The first-order chi connectivity index (χ1) is 8.61. The minimum atomic E-state index is -0.848. The zero-order valence-corrected chi connectivity index (χ0v) is 11.1. The van der Waals surface area contributed by atoms with Crippen LogP contribution in [0.15, 0.2) is 24.3 Å². The van der Waals surface area contributed by atoms with Crippen LogP contribution in [0.4, 0.5) is 0 Å². The molecule has 2 atom stereocenters. The Morgan fingerprint density at radius 2 is 2.28 bits per heavy atom. The van der Waals surface area contributed by atoms with Crippen molar-refractivity contribution in [2.75, 3.05) is 6.54 Å². The van der Waals surface area contributed by atoms with Crippen LogP contribution in [0.2, 0.25) is 0 Å². The molecule has 1 heterocycles. The minimum Gasteiger partial charge on any atom is -0.478 e. The summed E-state index contributed by atoms with van der Waals surface area (Å²) in [5.74, 6) is -0.101. The van der Waals surface area contributed by atoms with E-state index < -0.39 is 5.97 Å². The molecular weight excluding hydrogens is 226 g/mol. The Labute approximate surface area is 108 Å². The highest BCUT2D eigenvalue weighted by molar-refractivity contribution is 5.87. The highest BCUT2D eigenvalue weighted by Crippen LogP contribution is 2.27. The van der Waals surface area contributed by atoms with E-state index >= 15 is 0 Å². The van der Waals surface area contributed by atoms with E-state index in [0.717, 1.165) is 24.6 Å². The molecule has 18 heavy (non-hydrogen) atoms. The molecule has 1 saturated heterocycles. The molecule has 0 radical (unpaired) electrons. The molecule has 2 rings (SSSR count). The van der Waals surface area contributed by atoms with Crippen molar-refractivity contribution in [3.63, 3.8) is 0 Å². The predicted molar refractivity (Wildman–Crippen MR) is 71.7 cm³/mol. The van der Waals surface area contributed by atoms with Gasteiger partial charge in [-0.3, -0.25) is 4.90 Å². The predicted octanol–water partition coefficient (Wildman–Crippen LogP) is 3.01. The molecule has 0 amide bonds. The lowest BCUT2D eigenvalue weighted by molar-refractivity contribution is 0.0696. The standard InChI is InChI=1S/C15H21NO2/c1-3-14-11(2)7-8-16(14)10-12-5-4-6-13(9-12)15(17)18/h4-6,9,11,14H,3,7-8,10H2,1-2H3,(H,17,18). The highest BCUT2D eigenvalue weighted by Gasteiger charge is 2.29. The van der Waals surface area contributed by atoms with Crippen molar-refractivity contribution in [3.8, 4) is 0 Å². The molecule has 0 aromatic heterocycles. The van der Waals surface area contributed by atoms with Gasteiger partial charge in [0.05, 0.1) is 5.56 Å². The summed E-state index contributed by atoms with van der Waals surface area (Å²) in [7, 11) is 0. The van der Waals surface area contributed by atoms with Crippen molar-refractivity contribution >= 4 is 5.97 Å². The number of carboxylic acids is 1. The molecule has 0 bridgehead atoms. The van der Waals surface area contributed by atoms with Gasteiger partial charge in [0.25, 0.3) is 0 Å². The second-order valence-electron chi connectivity index (χ2n) is 5.22. The number of hydrogen-bond acceptors (Lipinski definition) is 2. The van der Waals surface area contributed by atoms with Crippen molar-refractivity contribution < 1.29 is 9.90 Å². The summed E-state index contributed by atoms with van der Waals surface area (Å²) >= 11 is 0. The Bertz CT molecular complexity index is 430. The average Bonchev–Trinajstić information content (AvgIpc) is 2.70. The van der Waals surface area contributed by atoms with E-state index in [-0.39, 0.29) is 0 Å². The van der Waals surface area contributed by atoms with E-state index in [4.69, 9.17) is 5.11 Å². The molecule has 2 unspecified atom stereocenters. The molecule has 0 spiro atoms. The fourth-order valence-electron chi connectivity index (χ4n) is 2.98. The van der Waals surface area contributed by atoms with E-state index in [1.807, 2.05) is 12.1 Å². The Morgan fingerprint density at radius 1 is 1.50 bits per heavy atom. The lowest BCUT2D eigenvalue weighted by atomic mass is 10.0. The van der Waals surface area contributed by atoms with Crippen LogP contribution < -0.4 is 0 Å². The summed E-state index contributed by atoms with van der Waals surface area (Å²) in [5.41, 5.74) is 1.48. The number of likely N-dealkylation sites (tertiary alicyclic amines) is 1. The fourth-order valence-corrected chi connectivity index (χ4v) is 2.98. The summed E-state index contributed by atoms with van der Waals surface area (Å²) in [4.78, 5) is 13.4. The van der Waals surface area contributed by atoms with Gasteiger partial charge in [-0.15, -0.1) is 0 Å². The number of rotatable bonds is 4. The third-order valence-corrected chi connectivity index (χ3v) is 3.98. The quantitative estimate of drug-likeness (QED) is 0.889. The summed E-state index contributed by atoms with van der Waals surface area (Å²) in [6, 6.07) is 7.92. The largest absolute Gasteiger partial charge is 0.478 e. The molecule has 0 aliphatic carbocycles. The first-order valence-electron chi connectivity index (χ1n) is 6.68. The zero-order chi connectivity index (χ0) is 13.1. The molecule has 1 fully saturated rings. The summed E-state index contributed by atoms with van der Waals surface area (Å²) in [6.45, 7) is 6.52. The Kier molecular flexibility index (Phi) is 4.02. The third kappa shape index (κ3) is 2.72. The van der Waals surface area contributed by atoms with Crippen molar-refractivity contribution in [2.45, 2.75) is 39.3 Å². The molecule has 1 N–H and O–H groups in total.